The van der Waals surface area contributed by atoms with E-state index in [1.54, 1.807) is 14.2 Å². The van der Waals surface area contributed by atoms with E-state index in [9.17, 15) is 5.11 Å². The average Bonchev–Trinajstić information content (AvgIpc) is 2.12. The lowest BCUT2D eigenvalue weighted by atomic mass is 10.1. The maximum atomic E-state index is 9.32. The summed E-state index contributed by atoms with van der Waals surface area (Å²) in [5.74, 6) is 0.341. The highest BCUT2D eigenvalue weighted by molar-refractivity contribution is 5.38. The fourth-order valence-electron chi connectivity index (χ4n) is 1.08. The zero-order valence-corrected chi connectivity index (χ0v) is 9.40. The van der Waals surface area contributed by atoms with Gasteiger partial charge in [0.15, 0.2) is 0 Å². The molecule has 1 rings (SSSR count). The van der Waals surface area contributed by atoms with Crippen molar-refractivity contribution < 1.29 is 14.9 Å². The number of phenols is 2. The first-order valence-corrected chi connectivity index (χ1v) is 4.67. The van der Waals surface area contributed by atoms with Crippen LogP contribution in [0.25, 0.3) is 0 Å². The van der Waals surface area contributed by atoms with Gasteiger partial charge in [-0.3, -0.25) is 0 Å². The molecule has 0 aliphatic rings. The first kappa shape index (κ1) is 13.7. The predicted octanol–water partition coefficient (Wildman–Crippen LogP) is 1.25. The molecule has 86 valence electrons. The SMILES string of the molecule is CC(N)Cc1cc(O)ccc1O.COC. The Morgan fingerprint density at radius 1 is 1.33 bits per heavy atom. The van der Waals surface area contributed by atoms with E-state index < -0.39 is 0 Å². The van der Waals surface area contributed by atoms with Gasteiger partial charge >= 0.3 is 0 Å². The molecule has 15 heavy (non-hydrogen) atoms. The lowest BCUT2D eigenvalue weighted by Crippen LogP contribution is -2.17. The summed E-state index contributed by atoms with van der Waals surface area (Å²) in [6, 6.07) is 4.42. The molecule has 1 atom stereocenters. The molecule has 0 amide bonds. The molecule has 4 nitrogen and oxygen atoms in total. The third kappa shape index (κ3) is 5.93. The van der Waals surface area contributed by atoms with Crippen molar-refractivity contribution in [2.45, 2.75) is 19.4 Å². The van der Waals surface area contributed by atoms with Crippen LogP contribution in [0.4, 0.5) is 0 Å². The monoisotopic (exact) mass is 213 g/mol. The molecular weight excluding hydrogens is 194 g/mol. The molecule has 0 saturated heterocycles. The van der Waals surface area contributed by atoms with Gasteiger partial charge in [0.2, 0.25) is 0 Å². The van der Waals surface area contributed by atoms with Crippen LogP contribution in [-0.2, 0) is 11.2 Å². The minimum Gasteiger partial charge on any atom is -0.508 e. The largest absolute Gasteiger partial charge is 0.508 e. The van der Waals surface area contributed by atoms with Crippen molar-refractivity contribution in [2.75, 3.05) is 14.2 Å². The molecular formula is C11H19NO3. The molecule has 0 radical (unpaired) electrons. The Morgan fingerprint density at radius 3 is 2.33 bits per heavy atom. The van der Waals surface area contributed by atoms with Gasteiger partial charge in [0.05, 0.1) is 0 Å². The smallest absolute Gasteiger partial charge is 0.119 e. The second kappa shape index (κ2) is 7.09. The van der Waals surface area contributed by atoms with Gasteiger partial charge < -0.3 is 20.7 Å². The van der Waals surface area contributed by atoms with E-state index in [0.717, 1.165) is 0 Å². The summed E-state index contributed by atoms with van der Waals surface area (Å²) < 4.78 is 4.25. The quantitative estimate of drug-likeness (QED) is 0.646. The van der Waals surface area contributed by atoms with Gasteiger partial charge in [0.1, 0.15) is 11.5 Å². The van der Waals surface area contributed by atoms with Crippen molar-refractivity contribution in [1.29, 1.82) is 0 Å². The highest BCUT2D eigenvalue weighted by Gasteiger charge is 2.04. The van der Waals surface area contributed by atoms with Gasteiger partial charge in [-0.05, 0) is 37.1 Å². The Hall–Kier alpha value is -1.26. The van der Waals surface area contributed by atoms with Crippen molar-refractivity contribution >= 4 is 0 Å². The molecule has 0 spiro atoms. The minimum absolute atomic E-state index is 0.0160. The van der Waals surface area contributed by atoms with E-state index in [4.69, 9.17) is 10.8 Å². The van der Waals surface area contributed by atoms with Gasteiger partial charge in [-0.25, -0.2) is 0 Å². The fourth-order valence-corrected chi connectivity index (χ4v) is 1.08. The number of hydrogen-bond acceptors (Lipinski definition) is 4. The Balaban J connectivity index is 0.000000583. The molecule has 4 heteroatoms. The summed E-state index contributed by atoms with van der Waals surface area (Å²) in [6.07, 6.45) is 0.570. The van der Waals surface area contributed by atoms with Gasteiger partial charge in [-0.15, -0.1) is 0 Å². The molecule has 1 aromatic rings. The first-order chi connectivity index (χ1) is 7.01. The minimum atomic E-state index is -0.0160. The molecule has 0 aliphatic heterocycles. The number of phenolic OH excluding ortho intramolecular Hbond substituents is 2. The first-order valence-electron chi connectivity index (χ1n) is 4.67. The number of hydrogen-bond donors (Lipinski definition) is 3. The lowest BCUT2D eigenvalue weighted by molar-refractivity contribution is 0.277. The van der Waals surface area contributed by atoms with E-state index in [1.165, 1.54) is 18.2 Å². The number of benzene rings is 1. The molecule has 4 N–H and O–H groups in total. The highest BCUT2D eigenvalue weighted by Crippen LogP contribution is 2.22. The molecule has 0 bridgehead atoms. The Morgan fingerprint density at radius 2 is 1.87 bits per heavy atom. The third-order valence-electron chi connectivity index (χ3n) is 1.60. The van der Waals surface area contributed by atoms with Crippen LogP contribution >= 0.6 is 0 Å². The second-order valence-electron chi connectivity index (χ2n) is 3.40. The van der Waals surface area contributed by atoms with E-state index in [-0.39, 0.29) is 17.5 Å². The molecule has 0 aliphatic carbocycles. The molecule has 0 aromatic heterocycles. The van der Waals surface area contributed by atoms with Crippen molar-refractivity contribution in [3.63, 3.8) is 0 Å². The molecule has 1 unspecified atom stereocenters. The third-order valence-corrected chi connectivity index (χ3v) is 1.60. The number of aromatic hydroxyl groups is 2. The molecule has 0 fully saturated rings. The highest BCUT2D eigenvalue weighted by atomic mass is 16.4. The average molecular weight is 213 g/mol. The number of methoxy groups -OCH3 is 1. The van der Waals surface area contributed by atoms with E-state index >= 15 is 0 Å². The van der Waals surface area contributed by atoms with Crippen LogP contribution in [0.1, 0.15) is 12.5 Å². The number of rotatable bonds is 2. The van der Waals surface area contributed by atoms with Crippen LogP contribution in [0.5, 0.6) is 11.5 Å². The number of nitrogens with two attached hydrogens (primary N) is 1. The van der Waals surface area contributed by atoms with Gasteiger partial charge in [0.25, 0.3) is 0 Å². The van der Waals surface area contributed by atoms with Crippen molar-refractivity contribution in [1.82, 2.24) is 0 Å². The Bertz CT molecular complexity index is 287. The molecule has 0 heterocycles. The van der Waals surface area contributed by atoms with Crippen molar-refractivity contribution in [3.8, 4) is 11.5 Å². The van der Waals surface area contributed by atoms with E-state index in [1.807, 2.05) is 6.92 Å². The summed E-state index contributed by atoms with van der Waals surface area (Å²) in [5, 5.41) is 18.4. The Labute approximate surface area is 90.3 Å². The van der Waals surface area contributed by atoms with Crippen LogP contribution in [0.3, 0.4) is 0 Å². The van der Waals surface area contributed by atoms with Crippen LogP contribution in [0.15, 0.2) is 18.2 Å². The standard InChI is InChI=1S/C9H13NO2.C2H6O/c1-6(10)4-7-5-8(11)2-3-9(7)12;1-3-2/h2-3,5-6,11-12H,4,10H2,1H3;1-2H3. The van der Waals surface area contributed by atoms with Crippen LogP contribution in [-0.4, -0.2) is 30.5 Å². The maximum absolute atomic E-state index is 9.32. The normalized spacial score (nSPS) is 11.5. The topological polar surface area (TPSA) is 75.7 Å². The van der Waals surface area contributed by atoms with Crippen LogP contribution in [0, 0.1) is 0 Å². The van der Waals surface area contributed by atoms with Gasteiger partial charge in [-0.2, -0.15) is 0 Å². The fraction of sp³-hybridized carbons (Fsp3) is 0.455. The van der Waals surface area contributed by atoms with Crippen LogP contribution < -0.4 is 5.73 Å². The summed E-state index contributed by atoms with van der Waals surface area (Å²) in [6.45, 7) is 1.85. The summed E-state index contributed by atoms with van der Waals surface area (Å²) in [7, 11) is 3.25. The van der Waals surface area contributed by atoms with Crippen molar-refractivity contribution in [2.24, 2.45) is 5.73 Å². The predicted molar refractivity (Wildman–Crippen MR) is 60.1 cm³/mol. The van der Waals surface area contributed by atoms with Gasteiger partial charge in [0, 0.05) is 20.3 Å². The Kier molecular flexibility index (Phi) is 6.49. The van der Waals surface area contributed by atoms with E-state index in [2.05, 4.69) is 4.74 Å². The summed E-state index contributed by atoms with van der Waals surface area (Å²) in [4.78, 5) is 0. The van der Waals surface area contributed by atoms with Crippen LogP contribution in [0.2, 0.25) is 0 Å². The van der Waals surface area contributed by atoms with Crippen molar-refractivity contribution in [3.05, 3.63) is 23.8 Å². The maximum Gasteiger partial charge on any atom is 0.119 e. The second-order valence-corrected chi connectivity index (χ2v) is 3.40. The summed E-state index contributed by atoms with van der Waals surface area (Å²) in [5.41, 5.74) is 6.24. The zero-order chi connectivity index (χ0) is 11.8. The number of ether oxygens (including phenoxy) is 1. The lowest BCUT2D eigenvalue weighted by Gasteiger charge is -2.07. The zero-order valence-electron chi connectivity index (χ0n) is 9.40. The summed E-state index contributed by atoms with van der Waals surface area (Å²) >= 11 is 0. The molecule has 1 aromatic carbocycles. The van der Waals surface area contributed by atoms with E-state index in [0.29, 0.717) is 12.0 Å². The molecule has 0 saturated carbocycles. The van der Waals surface area contributed by atoms with Gasteiger partial charge in [-0.1, -0.05) is 0 Å².